The molecule has 0 aliphatic rings. The number of H-pyrrole nitrogens is 2. The molecule has 0 bridgehead atoms. The van der Waals surface area contributed by atoms with Crippen molar-refractivity contribution in [1.82, 2.24) is 19.7 Å². The summed E-state index contributed by atoms with van der Waals surface area (Å²) in [4.78, 5) is 41.1. The molecule has 2 heterocycles. The number of nitrogens with zero attached hydrogens (tertiary/aromatic N) is 2. The summed E-state index contributed by atoms with van der Waals surface area (Å²) in [5, 5.41) is 6.84. The SMILES string of the molecule is O=C(Nc1ccc2[nH]c(=O)[nH]c2c1)c1ccc(=O)n(-c2ccccc2)n1. The Morgan fingerprint density at radius 2 is 1.69 bits per heavy atom. The first kappa shape index (κ1) is 15.6. The highest BCUT2D eigenvalue weighted by molar-refractivity contribution is 6.03. The van der Waals surface area contributed by atoms with Crippen molar-refractivity contribution in [3.63, 3.8) is 0 Å². The fourth-order valence-corrected chi connectivity index (χ4v) is 2.59. The number of hydrogen-bond donors (Lipinski definition) is 3. The number of para-hydroxylation sites is 1. The van der Waals surface area contributed by atoms with E-state index in [0.717, 1.165) is 0 Å². The Morgan fingerprint density at radius 3 is 2.50 bits per heavy atom. The maximum Gasteiger partial charge on any atom is 0.323 e. The summed E-state index contributed by atoms with van der Waals surface area (Å²) < 4.78 is 1.17. The van der Waals surface area contributed by atoms with E-state index in [-0.39, 0.29) is 16.9 Å². The third kappa shape index (κ3) is 2.91. The number of rotatable bonds is 3. The van der Waals surface area contributed by atoms with Crippen LogP contribution in [0.15, 0.2) is 70.3 Å². The highest BCUT2D eigenvalue weighted by Gasteiger charge is 2.11. The summed E-state index contributed by atoms with van der Waals surface area (Å²) in [6.07, 6.45) is 0. The third-order valence-corrected chi connectivity index (χ3v) is 3.81. The van der Waals surface area contributed by atoms with Crippen LogP contribution in [0, 0.1) is 0 Å². The van der Waals surface area contributed by atoms with Crippen LogP contribution in [-0.4, -0.2) is 25.7 Å². The van der Waals surface area contributed by atoms with E-state index in [0.29, 0.717) is 22.4 Å². The third-order valence-electron chi connectivity index (χ3n) is 3.81. The molecule has 0 fully saturated rings. The van der Waals surface area contributed by atoms with Crippen LogP contribution in [-0.2, 0) is 0 Å². The monoisotopic (exact) mass is 347 g/mol. The highest BCUT2D eigenvalue weighted by Crippen LogP contribution is 2.15. The zero-order chi connectivity index (χ0) is 18.1. The molecule has 0 saturated heterocycles. The number of fused-ring (bicyclic) bond motifs is 1. The molecule has 0 atom stereocenters. The minimum atomic E-state index is -0.466. The van der Waals surface area contributed by atoms with E-state index in [1.165, 1.54) is 16.8 Å². The second kappa shape index (κ2) is 6.17. The molecular weight excluding hydrogens is 334 g/mol. The lowest BCUT2D eigenvalue weighted by Gasteiger charge is -2.08. The summed E-state index contributed by atoms with van der Waals surface area (Å²) >= 11 is 0. The molecule has 0 aliphatic carbocycles. The molecule has 1 amide bonds. The van der Waals surface area contributed by atoms with E-state index in [4.69, 9.17) is 0 Å². The first-order valence-corrected chi connectivity index (χ1v) is 7.79. The van der Waals surface area contributed by atoms with E-state index >= 15 is 0 Å². The van der Waals surface area contributed by atoms with Crippen LogP contribution in [0.25, 0.3) is 16.7 Å². The molecule has 3 N–H and O–H groups in total. The Bertz CT molecular complexity index is 1220. The van der Waals surface area contributed by atoms with E-state index in [2.05, 4.69) is 20.4 Å². The van der Waals surface area contributed by atoms with Gasteiger partial charge in [0, 0.05) is 11.8 Å². The average Bonchev–Trinajstić information content (AvgIpc) is 3.02. The minimum absolute atomic E-state index is 0.0936. The highest BCUT2D eigenvalue weighted by atomic mass is 16.2. The van der Waals surface area contributed by atoms with Gasteiger partial charge in [-0.15, -0.1) is 0 Å². The van der Waals surface area contributed by atoms with Crippen molar-refractivity contribution < 1.29 is 4.79 Å². The molecule has 2 aromatic heterocycles. The van der Waals surface area contributed by atoms with Gasteiger partial charge in [-0.3, -0.25) is 9.59 Å². The summed E-state index contributed by atoms with van der Waals surface area (Å²) in [5.74, 6) is -0.466. The Hall–Kier alpha value is -3.94. The van der Waals surface area contributed by atoms with Gasteiger partial charge in [-0.25, -0.2) is 4.79 Å². The molecule has 4 rings (SSSR count). The Kier molecular flexibility index (Phi) is 3.70. The van der Waals surface area contributed by atoms with Gasteiger partial charge in [0.15, 0.2) is 0 Å². The van der Waals surface area contributed by atoms with Gasteiger partial charge < -0.3 is 15.3 Å². The summed E-state index contributed by atoms with van der Waals surface area (Å²) in [5.41, 5.74) is 1.73. The molecule has 0 aliphatic heterocycles. The number of aromatic amines is 2. The number of aromatic nitrogens is 4. The molecule has 4 aromatic rings. The van der Waals surface area contributed by atoms with Gasteiger partial charge in [-0.05, 0) is 36.4 Å². The second-order valence-corrected chi connectivity index (χ2v) is 5.60. The lowest BCUT2D eigenvalue weighted by molar-refractivity contribution is 0.102. The van der Waals surface area contributed by atoms with Crippen molar-refractivity contribution in [1.29, 1.82) is 0 Å². The predicted octanol–water partition coefficient (Wildman–Crippen LogP) is 1.65. The smallest absolute Gasteiger partial charge is 0.321 e. The van der Waals surface area contributed by atoms with Gasteiger partial charge in [-0.2, -0.15) is 9.78 Å². The molecule has 0 spiro atoms. The molecule has 26 heavy (non-hydrogen) atoms. The van der Waals surface area contributed by atoms with Gasteiger partial charge in [0.2, 0.25) is 0 Å². The largest absolute Gasteiger partial charge is 0.323 e. The van der Waals surface area contributed by atoms with E-state index in [1.54, 1.807) is 42.5 Å². The topological polar surface area (TPSA) is 113 Å². The maximum absolute atomic E-state index is 12.5. The van der Waals surface area contributed by atoms with Gasteiger partial charge in [0.05, 0.1) is 16.7 Å². The molecule has 0 saturated carbocycles. The van der Waals surface area contributed by atoms with Crippen molar-refractivity contribution in [3.05, 3.63) is 87.2 Å². The quantitative estimate of drug-likeness (QED) is 0.523. The molecule has 8 heteroatoms. The van der Waals surface area contributed by atoms with Gasteiger partial charge >= 0.3 is 5.69 Å². The van der Waals surface area contributed by atoms with Crippen molar-refractivity contribution in [3.8, 4) is 5.69 Å². The number of amides is 1. The number of imidazole rings is 1. The lowest BCUT2D eigenvalue weighted by Crippen LogP contribution is -2.24. The zero-order valence-corrected chi connectivity index (χ0v) is 13.4. The molecule has 2 aromatic carbocycles. The molecule has 8 nitrogen and oxygen atoms in total. The standard InChI is InChI=1S/C18H13N5O3/c24-16-9-8-14(22-23(16)12-4-2-1-3-5-12)17(25)19-11-6-7-13-15(10-11)21-18(26)20-13/h1-10H,(H,19,25)(H2,20,21,26). The van der Waals surface area contributed by atoms with Crippen LogP contribution in [0.2, 0.25) is 0 Å². The normalized spacial score (nSPS) is 10.8. The van der Waals surface area contributed by atoms with Gasteiger partial charge in [0.25, 0.3) is 11.5 Å². The van der Waals surface area contributed by atoms with Crippen molar-refractivity contribution in [2.75, 3.05) is 5.32 Å². The average molecular weight is 347 g/mol. The van der Waals surface area contributed by atoms with Crippen molar-refractivity contribution in [2.24, 2.45) is 0 Å². The van der Waals surface area contributed by atoms with E-state index in [1.807, 2.05) is 6.07 Å². The Balaban J connectivity index is 1.65. The van der Waals surface area contributed by atoms with Crippen molar-refractivity contribution in [2.45, 2.75) is 0 Å². The number of benzene rings is 2. The molecule has 0 unspecified atom stereocenters. The number of anilines is 1. The molecule has 0 radical (unpaired) electrons. The van der Waals surface area contributed by atoms with Crippen LogP contribution < -0.4 is 16.6 Å². The van der Waals surface area contributed by atoms with Crippen molar-refractivity contribution >= 4 is 22.6 Å². The fraction of sp³-hybridized carbons (Fsp3) is 0. The Morgan fingerprint density at radius 1 is 0.923 bits per heavy atom. The molecule has 128 valence electrons. The Labute approximate surface area is 146 Å². The summed E-state index contributed by atoms with van der Waals surface area (Å²) in [6.45, 7) is 0. The number of carbonyl (C=O) groups excluding carboxylic acids is 1. The van der Waals surface area contributed by atoms with E-state index in [9.17, 15) is 14.4 Å². The second-order valence-electron chi connectivity index (χ2n) is 5.60. The van der Waals surface area contributed by atoms with Gasteiger partial charge in [0.1, 0.15) is 5.69 Å². The number of hydrogen-bond acceptors (Lipinski definition) is 4. The summed E-state index contributed by atoms with van der Waals surface area (Å²) in [6, 6.07) is 16.5. The number of carbonyl (C=O) groups is 1. The van der Waals surface area contributed by atoms with Crippen LogP contribution in [0.3, 0.4) is 0 Å². The van der Waals surface area contributed by atoms with Crippen LogP contribution in [0.1, 0.15) is 10.5 Å². The molecular formula is C18H13N5O3. The first-order chi connectivity index (χ1) is 12.6. The minimum Gasteiger partial charge on any atom is -0.321 e. The lowest BCUT2D eigenvalue weighted by atomic mass is 10.2. The van der Waals surface area contributed by atoms with E-state index < -0.39 is 5.91 Å². The van der Waals surface area contributed by atoms with Gasteiger partial charge in [-0.1, -0.05) is 18.2 Å². The van der Waals surface area contributed by atoms with Crippen LogP contribution in [0.4, 0.5) is 5.69 Å². The van der Waals surface area contributed by atoms with Crippen LogP contribution >= 0.6 is 0 Å². The first-order valence-electron chi connectivity index (χ1n) is 7.79. The maximum atomic E-state index is 12.5. The number of nitrogens with one attached hydrogen (secondary N) is 3. The predicted molar refractivity (Wildman–Crippen MR) is 96.7 cm³/mol. The van der Waals surface area contributed by atoms with Crippen LogP contribution in [0.5, 0.6) is 0 Å². The fourth-order valence-electron chi connectivity index (χ4n) is 2.59. The zero-order valence-electron chi connectivity index (χ0n) is 13.4. The summed E-state index contributed by atoms with van der Waals surface area (Å²) in [7, 11) is 0.